The number of nitrogens with two attached hydrogens (primary N) is 2. The molecule has 6 heteroatoms. The second-order valence-electron chi connectivity index (χ2n) is 1.98. The van der Waals surface area contributed by atoms with E-state index in [9.17, 15) is 0 Å². The van der Waals surface area contributed by atoms with E-state index in [1.54, 1.807) is 24.3 Å². The van der Waals surface area contributed by atoms with Crippen molar-refractivity contribution in [2.45, 2.75) is 0 Å². The van der Waals surface area contributed by atoms with Crippen LogP contribution in [0.15, 0.2) is 24.3 Å². The van der Waals surface area contributed by atoms with Gasteiger partial charge in [-0.1, -0.05) is 12.1 Å². The van der Waals surface area contributed by atoms with E-state index in [4.69, 9.17) is 19.4 Å². The lowest BCUT2D eigenvalue weighted by molar-refractivity contribution is 0.616. The minimum absolute atomic E-state index is 0.539. The van der Waals surface area contributed by atoms with Crippen molar-refractivity contribution in [3.05, 3.63) is 29.8 Å². The fraction of sp³-hybridized carbons (Fsp3) is 0. The predicted octanol–water partition coefficient (Wildman–Crippen LogP) is -0.388. The Kier molecular flexibility index (Phi) is 5.27. The van der Waals surface area contributed by atoms with Crippen LogP contribution in [0.3, 0.4) is 0 Å². The fourth-order valence-corrected chi connectivity index (χ4v) is 0.599. The molecule has 0 bridgehead atoms. The summed E-state index contributed by atoms with van der Waals surface area (Å²) in [6.45, 7) is 0. The molecule has 0 unspecified atom stereocenters. The standard InChI is InChI=1S/C7H6N2.H3NO2S/c8-5-6-3-1-2-4-7(6)9;1-4(2)3/h1-4H,9H2;4H,(H2,1,2,3). The van der Waals surface area contributed by atoms with Gasteiger partial charge in [0.05, 0.1) is 5.56 Å². The van der Waals surface area contributed by atoms with Crippen molar-refractivity contribution < 1.29 is 8.42 Å². The molecule has 1 aromatic rings. The topological polar surface area (TPSA) is 110 Å². The number of hydrogen-bond acceptors (Lipinski definition) is 4. The van der Waals surface area contributed by atoms with Crippen molar-refractivity contribution >= 4 is 16.6 Å². The van der Waals surface area contributed by atoms with E-state index in [0.717, 1.165) is 0 Å². The highest BCUT2D eigenvalue weighted by atomic mass is 32.2. The molecule has 0 atom stereocenters. The van der Waals surface area contributed by atoms with E-state index < -0.39 is 10.9 Å². The Labute approximate surface area is 77.7 Å². The number of hydrogen-bond donors (Lipinski definition) is 3. The minimum Gasteiger partial charge on any atom is -0.398 e. The zero-order chi connectivity index (χ0) is 10.3. The van der Waals surface area contributed by atoms with E-state index in [1.165, 1.54) is 0 Å². The molecule has 70 valence electrons. The average molecular weight is 199 g/mol. The molecule has 0 saturated heterocycles. The molecule has 0 amide bonds. The highest BCUT2D eigenvalue weighted by Gasteiger charge is 1.90. The normalized spacial score (nSPS) is 8.38. The van der Waals surface area contributed by atoms with E-state index >= 15 is 0 Å². The van der Waals surface area contributed by atoms with Gasteiger partial charge < -0.3 is 5.73 Å². The van der Waals surface area contributed by atoms with Crippen molar-refractivity contribution in [1.29, 1.82) is 5.26 Å². The van der Waals surface area contributed by atoms with E-state index in [1.807, 2.05) is 6.07 Å². The predicted molar refractivity (Wildman–Crippen MR) is 50.1 cm³/mol. The van der Waals surface area contributed by atoms with Gasteiger partial charge in [0, 0.05) is 5.69 Å². The Morgan fingerprint density at radius 3 is 2.08 bits per heavy atom. The zero-order valence-corrected chi connectivity index (χ0v) is 7.57. The van der Waals surface area contributed by atoms with E-state index in [0.29, 0.717) is 11.3 Å². The molecule has 1 rings (SSSR count). The van der Waals surface area contributed by atoms with Gasteiger partial charge in [-0.05, 0) is 12.1 Å². The summed E-state index contributed by atoms with van der Waals surface area (Å²) in [5.41, 5.74) is 6.49. The van der Waals surface area contributed by atoms with Gasteiger partial charge in [0.1, 0.15) is 6.07 Å². The number of nitriles is 1. The highest BCUT2D eigenvalue weighted by Crippen LogP contribution is 2.06. The Balaban J connectivity index is 0.000000310. The van der Waals surface area contributed by atoms with Crippen LogP contribution in [-0.4, -0.2) is 8.42 Å². The highest BCUT2D eigenvalue weighted by molar-refractivity contribution is 7.69. The van der Waals surface area contributed by atoms with Gasteiger partial charge in [-0.2, -0.15) is 5.26 Å². The zero-order valence-electron chi connectivity index (χ0n) is 6.68. The van der Waals surface area contributed by atoms with Crippen molar-refractivity contribution in [3.63, 3.8) is 0 Å². The molecular formula is C7H9N3O2S. The average Bonchev–Trinajstić information content (AvgIpc) is 2.04. The van der Waals surface area contributed by atoms with Crippen LogP contribution in [0.25, 0.3) is 0 Å². The van der Waals surface area contributed by atoms with Crippen molar-refractivity contribution in [2.75, 3.05) is 5.73 Å². The van der Waals surface area contributed by atoms with Gasteiger partial charge in [-0.3, -0.25) is 0 Å². The third-order valence-corrected chi connectivity index (χ3v) is 1.08. The van der Waals surface area contributed by atoms with E-state index in [2.05, 4.69) is 5.14 Å². The lowest BCUT2D eigenvalue weighted by atomic mass is 10.2. The number of thiol groups is 1. The first-order valence-corrected chi connectivity index (χ1v) is 4.46. The maximum Gasteiger partial charge on any atom is 0.198 e. The second kappa shape index (κ2) is 5.99. The molecule has 13 heavy (non-hydrogen) atoms. The number of anilines is 1. The van der Waals surface area contributed by atoms with Crippen LogP contribution >= 0.6 is 0 Å². The molecule has 0 saturated carbocycles. The molecule has 0 heterocycles. The number of benzene rings is 1. The Morgan fingerprint density at radius 1 is 1.31 bits per heavy atom. The largest absolute Gasteiger partial charge is 0.398 e. The van der Waals surface area contributed by atoms with Gasteiger partial charge in [0.25, 0.3) is 0 Å². The molecule has 0 aromatic heterocycles. The summed E-state index contributed by atoms with van der Waals surface area (Å²) in [5, 5.41) is 12.5. The first-order valence-electron chi connectivity index (χ1n) is 3.21. The molecule has 0 aliphatic rings. The SMILES string of the molecule is N#Cc1ccccc1N.N[SH](=O)=O. The smallest absolute Gasteiger partial charge is 0.198 e. The summed E-state index contributed by atoms with van der Waals surface area (Å²) in [5.74, 6) is 0. The first kappa shape index (κ1) is 11.4. The third kappa shape index (κ3) is 5.66. The van der Waals surface area contributed by atoms with Crippen molar-refractivity contribution in [2.24, 2.45) is 5.14 Å². The Bertz CT molecular complexity index is 374. The lowest BCUT2D eigenvalue weighted by Crippen LogP contribution is -1.87. The summed E-state index contributed by atoms with van der Waals surface area (Å²) in [6, 6.07) is 8.96. The molecule has 0 fully saturated rings. The van der Waals surface area contributed by atoms with Crippen LogP contribution in [0.1, 0.15) is 5.56 Å². The van der Waals surface area contributed by atoms with Gasteiger partial charge in [0.15, 0.2) is 10.9 Å². The summed E-state index contributed by atoms with van der Waals surface area (Å²) in [6.07, 6.45) is 0. The van der Waals surface area contributed by atoms with Crippen LogP contribution in [0.4, 0.5) is 5.69 Å². The quantitative estimate of drug-likeness (QED) is 0.390. The lowest BCUT2D eigenvalue weighted by Gasteiger charge is -1.91. The molecule has 0 aliphatic heterocycles. The van der Waals surface area contributed by atoms with Gasteiger partial charge in [-0.25, -0.2) is 13.6 Å². The molecule has 4 N–H and O–H groups in total. The summed E-state index contributed by atoms with van der Waals surface area (Å²) in [7, 11) is -2.62. The van der Waals surface area contributed by atoms with Crippen LogP contribution < -0.4 is 10.9 Å². The number of rotatable bonds is 0. The molecule has 0 aliphatic carbocycles. The summed E-state index contributed by atoms with van der Waals surface area (Å²) < 4.78 is 17.6. The number of nitrogen functional groups attached to an aromatic ring is 1. The Hall–Kier alpha value is -1.58. The molecule has 0 spiro atoms. The number of para-hydroxylation sites is 1. The van der Waals surface area contributed by atoms with Crippen LogP contribution in [0.2, 0.25) is 0 Å². The maximum atomic E-state index is 8.81. The summed E-state index contributed by atoms with van der Waals surface area (Å²) in [4.78, 5) is 0. The number of nitrogens with zero attached hydrogens (tertiary/aromatic N) is 1. The van der Waals surface area contributed by atoms with Crippen molar-refractivity contribution in [3.8, 4) is 6.07 Å². The molecule has 5 nitrogen and oxygen atoms in total. The molecule has 0 radical (unpaired) electrons. The van der Waals surface area contributed by atoms with E-state index in [-0.39, 0.29) is 0 Å². The summed E-state index contributed by atoms with van der Waals surface area (Å²) >= 11 is 0. The minimum atomic E-state index is -2.62. The molecule has 1 aromatic carbocycles. The molecular weight excluding hydrogens is 190 g/mol. The van der Waals surface area contributed by atoms with Crippen LogP contribution in [-0.2, 0) is 10.9 Å². The second-order valence-corrected chi connectivity index (χ2v) is 2.56. The monoisotopic (exact) mass is 199 g/mol. The third-order valence-electron chi connectivity index (χ3n) is 1.08. The van der Waals surface area contributed by atoms with Gasteiger partial charge >= 0.3 is 0 Å². The van der Waals surface area contributed by atoms with Crippen LogP contribution in [0.5, 0.6) is 0 Å². The van der Waals surface area contributed by atoms with Gasteiger partial charge in [0.2, 0.25) is 0 Å². The van der Waals surface area contributed by atoms with Crippen LogP contribution in [0, 0.1) is 11.3 Å². The van der Waals surface area contributed by atoms with Gasteiger partial charge in [-0.15, -0.1) is 0 Å². The fourth-order valence-electron chi connectivity index (χ4n) is 0.599. The first-order chi connectivity index (χ1) is 6.07. The Morgan fingerprint density at radius 2 is 1.77 bits per heavy atom. The maximum absolute atomic E-state index is 8.81. The van der Waals surface area contributed by atoms with Crippen molar-refractivity contribution in [1.82, 2.24) is 0 Å².